The minimum absolute atomic E-state index is 0.665. The summed E-state index contributed by atoms with van der Waals surface area (Å²) in [5, 5.41) is 7.70. The zero-order valence-electron chi connectivity index (χ0n) is 13.1. The van der Waals surface area contributed by atoms with Crippen molar-refractivity contribution < 1.29 is 0 Å². The Balaban J connectivity index is 1.64. The maximum Gasteiger partial charge on any atom is 0.0732 e. The molecule has 22 heavy (non-hydrogen) atoms. The Morgan fingerprint density at radius 1 is 0.955 bits per heavy atom. The van der Waals surface area contributed by atoms with Crippen LogP contribution in [0.5, 0.6) is 0 Å². The van der Waals surface area contributed by atoms with Gasteiger partial charge in [-0.25, -0.2) is 0 Å². The van der Waals surface area contributed by atoms with E-state index in [0.717, 1.165) is 37.3 Å². The molecule has 5 nitrogen and oxygen atoms in total. The molecule has 2 aromatic rings. The highest BCUT2D eigenvalue weighted by Gasteiger charge is 2.15. The molecule has 116 valence electrons. The van der Waals surface area contributed by atoms with E-state index >= 15 is 0 Å². The van der Waals surface area contributed by atoms with Gasteiger partial charge in [0.1, 0.15) is 0 Å². The molecule has 0 bridgehead atoms. The van der Waals surface area contributed by atoms with E-state index < -0.39 is 0 Å². The van der Waals surface area contributed by atoms with Crippen LogP contribution in [0.1, 0.15) is 12.5 Å². The van der Waals surface area contributed by atoms with Crippen molar-refractivity contribution >= 4 is 5.69 Å². The second kappa shape index (κ2) is 6.85. The molecule has 0 unspecified atom stereocenters. The molecule has 0 spiro atoms. The third-order valence-corrected chi connectivity index (χ3v) is 4.34. The SMILES string of the molecule is CCN1CCN(Cc2ccc(-c3cnncc3N)cc2)CC1. The molecule has 0 radical (unpaired) electrons. The number of aromatic nitrogens is 2. The predicted octanol–water partition coefficient (Wildman–Crippen LogP) is 1.86. The van der Waals surface area contributed by atoms with Crippen LogP contribution >= 0.6 is 0 Å². The minimum atomic E-state index is 0.665. The first kappa shape index (κ1) is 14.9. The molecule has 1 fully saturated rings. The van der Waals surface area contributed by atoms with E-state index in [0.29, 0.717) is 5.69 Å². The standard InChI is InChI=1S/C17H23N5/c1-2-21-7-9-22(10-8-21)13-14-3-5-15(6-4-14)16-11-19-20-12-17(16)18/h3-6,11-12H,2,7-10,13H2,1H3,(H2,18,19). The van der Waals surface area contributed by atoms with Crippen LogP contribution in [0, 0.1) is 0 Å². The van der Waals surface area contributed by atoms with E-state index in [1.165, 1.54) is 18.7 Å². The van der Waals surface area contributed by atoms with Crippen LogP contribution in [0.15, 0.2) is 36.7 Å². The molecular formula is C17H23N5. The second-order valence-electron chi connectivity index (χ2n) is 5.77. The van der Waals surface area contributed by atoms with Crippen LogP contribution in [0.4, 0.5) is 5.69 Å². The summed E-state index contributed by atoms with van der Waals surface area (Å²) in [7, 11) is 0. The van der Waals surface area contributed by atoms with E-state index in [4.69, 9.17) is 5.73 Å². The average molecular weight is 297 g/mol. The van der Waals surface area contributed by atoms with Gasteiger partial charge in [-0.3, -0.25) is 4.90 Å². The van der Waals surface area contributed by atoms with E-state index in [9.17, 15) is 0 Å². The summed E-state index contributed by atoms with van der Waals surface area (Å²) in [5.74, 6) is 0. The molecular weight excluding hydrogens is 274 g/mol. The highest BCUT2D eigenvalue weighted by atomic mass is 15.3. The summed E-state index contributed by atoms with van der Waals surface area (Å²) in [4.78, 5) is 5.02. The Morgan fingerprint density at radius 2 is 1.59 bits per heavy atom. The molecule has 3 rings (SSSR count). The Labute approximate surface area is 131 Å². The van der Waals surface area contributed by atoms with Gasteiger partial charge in [-0.1, -0.05) is 31.2 Å². The molecule has 2 heterocycles. The second-order valence-corrected chi connectivity index (χ2v) is 5.77. The van der Waals surface area contributed by atoms with Crippen molar-refractivity contribution in [2.75, 3.05) is 38.5 Å². The summed E-state index contributed by atoms with van der Waals surface area (Å²) in [6.07, 6.45) is 3.31. The van der Waals surface area contributed by atoms with Gasteiger partial charge in [0, 0.05) is 38.3 Å². The summed E-state index contributed by atoms with van der Waals surface area (Å²) in [6.45, 7) is 9.05. The smallest absolute Gasteiger partial charge is 0.0732 e. The van der Waals surface area contributed by atoms with Gasteiger partial charge in [-0.15, -0.1) is 0 Å². The van der Waals surface area contributed by atoms with Gasteiger partial charge in [0.2, 0.25) is 0 Å². The molecule has 5 heteroatoms. The third kappa shape index (κ3) is 3.43. The average Bonchev–Trinajstić information content (AvgIpc) is 2.57. The lowest BCUT2D eigenvalue weighted by molar-refractivity contribution is 0.132. The molecule has 0 aliphatic carbocycles. The van der Waals surface area contributed by atoms with Gasteiger partial charge in [0.25, 0.3) is 0 Å². The normalized spacial score (nSPS) is 16.8. The van der Waals surface area contributed by atoms with Gasteiger partial charge in [0.05, 0.1) is 18.1 Å². The summed E-state index contributed by atoms with van der Waals surface area (Å²) in [6, 6.07) is 8.60. The fourth-order valence-corrected chi connectivity index (χ4v) is 2.88. The fourth-order valence-electron chi connectivity index (χ4n) is 2.88. The summed E-state index contributed by atoms with van der Waals surface area (Å²) in [5.41, 5.74) is 9.99. The van der Waals surface area contributed by atoms with Crippen molar-refractivity contribution in [3.63, 3.8) is 0 Å². The van der Waals surface area contributed by atoms with Gasteiger partial charge >= 0.3 is 0 Å². The number of nitrogens with zero attached hydrogens (tertiary/aromatic N) is 4. The van der Waals surface area contributed by atoms with Crippen LogP contribution < -0.4 is 5.73 Å². The van der Waals surface area contributed by atoms with Gasteiger partial charge in [-0.05, 0) is 17.7 Å². The fraction of sp³-hybridized carbons (Fsp3) is 0.412. The van der Waals surface area contributed by atoms with Crippen LogP contribution in [0.3, 0.4) is 0 Å². The maximum atomic E-state index is 5.95. The number of hydrogen-bond donors (Lipinski definition) is 1. The molecule has 0 atom stereocenters. The number of nitrogen functional groups attached to an aromatic ring is 1. The Kier molecular flexibility index (Phi) is 4.65. The maximum absolute atomic E-state index is 5.95. The van der Waals surface area contributed by atoms with E-state index in [1.807, 2.05) is 0 Å². The predicted molar refractivity (Wildman–Crippen MR) is 89.3 cm³/mol. The molecule has 1 aliphatic rings. The molecule has 1 aromatic heterocycles. The third-order valence-electron chi connectivity index (χ3n) is 4.34. The highest BCUT2D eigenvalue weighted by Crippen LogP contribution is 2.24. The quantitative estimate of drug-likeness (QED) is 0.933. The molecule has 0 saturated carbocycles. The lowest BCUT2D eigenvalue weighted by Crippen LogP contribution is -2.45. The van der Waals surface area contributed by atoms with Gasteiger partial charge < -0.3 is 10.6 Å². The Bertz CT molecular complexity index is 603. The minimum Gasteiger partial charge on any atom is -0.397 e. The number of likely N-dealkylation sites (N-methyl/N-ethyl adjacent to an activating group) is 1. The van der Waals surface area contributed by atoms with Crippen LogP contribution in [-0.2, 0) is 6.54 Å². The molecule has 1 aliphatic heterocycles. The summed E-state index contributed by atoms with van der Waals surface area (Å²) < 4.78 is 0. The largest absolute Gasteiger partial charge is 0.397 e. The number of benzene rings is 1. The number of nitrogens with two attached hydrogens (primary N) is 1. The van der Waals surface area contributed by atoms with Crippen LogP contribution in [-0.4, -0.2) is 52.7 Å². The van der Waals surface area contributed by atoms with E-state index in [-0.39, 0.29) is 0 Å². The van der Waals surface area contributed by atoms with Gasteiger partial charge in [0.15, 0.2) is 0 Å². The molecule has 2 N–H and O–H groups in total. The van der Waals surface area contributed by atoms with Crippen molar-refractivity contribution in [3.8, 4) is 11.1 Å². The van der Waals surface area contributed by atoms with Crippen molar-refractivity contribution in [2.24, 2.45) is 0 Å². The molecule has 1 aromatic carbocycles. The lowest BCUT2D eigenvalue weighted by atomic mass is 10.0. The van der Waals surface area contributed by atoms with E-state index in [2.05, 4.69) is 51.2 Å². The topological polar surface area (TPSA) is 58.3 Å². The lowest BCUT2D eigenvalue weighted by Gasteiger charge is -2.34. The van der Waals surface area contributed by atoms with Crippen molar-refractivity contribution in [1.29, 1.82) is 0 Å². The van der Waals surface area contributed by atoms with Crippen LogP contribution in [0.25, 0.3) is 11.1 Å². The van der Waals surface area contributed by atoms with Crippen molar-refractivity contribution in [1.82, 2.24) is 20.0 Å². The Morgan fingerprint density at radius 3 is 2.23 bits per heavy atom. The number of rotatable bonds is 4. The number of hydrogen-bond acceptors (Lipinski definition) is 5. The van der Waals surface area contributed by atoms with Crippen molar-refractivity contribution in [3.05, 3.63) is 42.2 Å². The van der Waals surface area contributed by atoms with Crippen molar-refractivity contribution in [2.45, 2.75) is 13.5 Å². The van der Waals surface area contributed by atoms with Crippen LogP contribution in [0.2, 0.25) is 0 Å². The first-order valence-corrected chi connectivity index (χ1v) is 7.86. The molecule has 0 amide bonds. The van der Waals surface area contributed by atoms with Gasteiger partial charge in [-0.2, -0.15) is 10.2 Å². The summed E-state index contributed by atoms with van der Waals surface area (Å²) >= 11 is 0. The zero-order valence-corrected chi connectivity index (χ0v) is 13.1. The monoisotopic (exact) mass is 297 g/mol. The first-order chi connectivity index (χ1) is 10.8. The first-order valence-electron chi connectivity index (χ1n) is 7.86. The number of piperazine rings is 1. The number of anilines is 1. The van der Waals surface area contributed by atoms with E-state index in [1.54, 1.807) is 12.4 Å². The zero-order chi connectivity index (χ0) is 15.4. The molecule has 1 saturated heterocycles. The Hall–Kier alpha value is -1.98. The highest BCUT2D eigenvalue weighted by molar-refractivity contribution is 5.74.